The zero-order chi connectivity index (χ0) is 8.97. The van der Waals surface area contributed by atoms with Crippen molar-refractivity contribution in [1.82, 2.24) is 10.2 Å². The molecule has 1 saturated heterocycles. The first-order valence-electron chi connectivity index (χ1n) is 3.89. The number of imide groups is 1. The summed E-state index contributed by atoms with van der Waals surface area (Å²) in [6.45, 7) is 1.07. The van der Waals surface area contributed by atoms with Gasteiger partial charge in [-0.3, -0.25) is 0 Å². The van der Waals surface area contributed by atoms with E-state index in [9.17, 15) is 9.59 Å². The molecule has 12 heavy (non-hydrogen) atoms. The predicted molar refractivity (Wildman–Crippen MR) is 41.7 cm³/mol. The molecule has 0 unspecified atom stereocenters. The van der Waals surface area contributed by atoms with Gasteiger partial charge in [0.1, 0.15) is 0 Å². The van der Waals surface area contributed by atoms with Crippen molar-refractivity contribution in [3.63, 3.8) is 0 Å². The van der Waals surface area contributed by atoms with Gasteiger partial charge in [-0.25, -0.2) is 14.5 Å². The van der Waals surface area contributed by atoms with Gasteiger partial charge in [0.25, 0.3) is 0 Å². The number of amides is 3. The molecule has 0 aromatic heterocycles. The first-order valence-corrected chi connectivity index (χ1v) is 3.89. The Morgan fingerprint density at radius 2 is 2.33 bits per heavy atom. The van der Waals surface area contributed by atoms with Crippen LogP contribution in [0, 0.1) is 0 Å². The molecule has 1 fully saturated rings. The van der Waals surface area contributed by atoms with E-state index in [0.717, 1.165) is 17.7 Å². The topological polar surface area (TPSA) is 58.6 Å². The Morgan fingerprint density at radius 3 is 3.00 bits per heavy atom. The van der Waals surface area contributed by atoms with E-state index in [1.54, 1.807) is 0 Å². The third-order valence-electron chi connectivity index (χ3n) is 1.72. The van der Waals surface area contributed by atoms with Crippen LogP contribution in [0.15, 0.2) is 0 Å². The third kappa shape index (κ3) is 1.87. The molecular formula is C7H12N2O3. The van der Waals surface area contributed by atoms with Gasteiger partial charge in [-0.2, -0.15) is 0 Å². The van der Waals surface area contributed by atoms with E-state index in [4.69, 9.17) is 0 Å². The van der Waals surface area contributed by atoms with Crippen molar-refractivity contribution >= 4 is 12.1 Å². The van der Waals surface area contributed by atoms with Crippen molar-refractivity contribution < 1.29 is 14.3 Å². The normalized spacial score (nSPS) is 18.1. The molecule has 1 aliphatic heterocycles. The third-order valence-corrected chi connectivity index (χ3v) is 1.72. The SMILES string of the molecule is COC(=O)N1CCCCNC1=O. The number of urea groups is 1. The molecule has 0 aromatic carbocycles. The van der Waals surface area contributed by atoms with Gasteiger partial charge in [-0.15, -0.1) is 0 Å². The number of carbonyl (C=O) groups excluding carboxylic acids is 2. The van der Waals surface area contributed by atoms with Gasteiger partial charge in [0.05, 0.1) is 7.11 Å². The molecule has 1 rings (SSSR count). The van der Waals surface area contributed by atoms with Crippen LogP contribution in [-0.2, 0) is 4.74 Å². The number of methoxy groups -OCH3 is 1. The van der Waals surface area contributed by atoms with E-state index in [-0.39, 0.29) is 6.03 Å². The second-order valence-electron chi connectivity index (χ2n) is 2.56. The van der Waals surface area contributed by atoms with Crippen LogP contribution >= 0.6 is 0 Å². The van der Waals surface area contributed by atoms with Gasteiger partial charge in [0.15, 0.2) is 0 Å². The maximum atomic E-state index is 11.1. The Kier molecular flexibility index (Phi) is 2.90. The maximum Gasteiger partial charge on any atom is 0.417 e. The van der Waals surface area contributed by atoms with Crippen molar-refractivity contribution in [2.75, 3.05) is 20.2 Å². The summed E-state index contributed by atoms with van der Waals surface area (Å²) in [5.74, 6) is 0. The van der Waals surface area contributed by atoms with E-state index < -0.39 is 6.09 Å². The quantitative estimate of drug-likeness (QED) is 0.580. The summed E-state index contributed by atoms with van der Waals surface area (Å²) >= 11 is 0. The molecule has 0 radical (unpaired) electrons. The number of ether oxygens (including phenoxy) is 1. The zero-order valence-corrected chi connectivity index (χ0v) is 7.00. The van der Waals surface area contributed by atoms with E-state index >= 15 is 0 Å². The van der Waals surface area contributed by atoms with Crippen molar-refractivity contribution in [3.8, 4) is 0 Å². The molecule has 0 aliphatic carbocycles. The molecule has 5 nitrogen and oxygen atoms in total. The summed E-state index contributed by atoms with van der Waals surface area (Å²) < 4.78 is 4.44. The maximum absolute atomic E-state index is 11.1. The van der Waals surface area contributed by atoms with Crippen LogP contribution in [0.25, 0.3) is 0 Å². The lowest BCUT2D eigenvalue weighted by molar-refractivity contribution is 0.131. The Hall–Kier alpha value is -1.26. The smallest absolute Gasteiger partial charge is 0.417 e. The molecule has 1 N–H and O–H groups in total. The zero-order valence-electron chi connectivity index (χ0n) is 7.00. The lowest BCUT2D eigenvalue weighted by Gasteiger charge is -2.15. The highest BCUT2D eigenvalue weighted by molar-refractivity contribution is 5.90. The fourth-order valence-corrected chi connectivity index (χ4v) is 1.07. The summed E-state index contributed by atoms with van der Waals surface area (Å²) in [5.41, 5.74) is 0. The number of hydrogen-bond acceptors (Lipinski definition) is 3. The molecule has 1 aliphatic rings. The fourth-order valence-electron chi connectivity index (χ4n) is 1.07. The second kappa shape index (κ2) is 3.94. The van der Waals surface area contributed by atoms with E-state index in [1.807, 2.05) is 0 Å². The van der Waals surface area contributed by atoms with E-state index in [0.29, 0.717) is 13.1 Å². The molecule has 3 amide bonds. The summed E-state index contributed by atoms with van der Waals surface area (Å²) in [6.07, 6.45) is 1.14. The molecule has 0 spiro atoms. The minimum atomic E-state index is -0.589. The van der Waals surface area contributed by atoms with Crippen LogP contribution < -0.4 is 5.32 Å². The van der Waals surface area contributed by atoms with Gasteiger partial charge in [0, 0.05) is 13.1 Å². The van der Waals surface area contributed by atoms with E-state index in [2.05, 4.69) is 10.1 Å². The van der Waals surface area contributed by atoms with Gasteiger partial charge in [-0.05, 0) is 12.8 Å². The number of carbonyl (C=O) groups is 2. The molecular weight excluding hydrogens is 160 g/mol. The Bertz CT molecular complexity index is 193. The summed E-state index contributed by atoms with van der Waals surface area (Å²) in [4.78, 5) is 23.2. The summed E-state index contributed by atoms with van der Waals surface area (Å²) in [6, 6.07) is -0.362. The average Bonchev–Trinajstić information content (AvgIpc) is 2.28. The highest BCUT2D eigenvalue weighted by Gasteiger charge is 2.22. The van der Waals surface area contributed by atoms with Crippen LogP contribution in [0.2, 0.25) is 0 Å². The van der Waals surface area contributed by atoms with Crippen molar-refractivity contribution in [2.45, 2.75) is 12.8 Å². The molecule has 0 bridgehead atoms. The van der Waals surface area contributed by atoms with Crippen LogP contribution in [-0.4, -0.2) is 37.2 Å². The number of nitrogens with one attached hydrogen (secondary N) is 1. The molecule has 5 heteroatoms. The van der Waals surface area contributed by atoms with E-state index in [1.165, 1.54) is 7.11 Å². The highest BCUT2D eigenvalue weighted by atomic mass is 16.5. The van der Waals surface area contributed by atoms with Gasteiger partial charge in [-0.1, -0.05) is 0 Å². The first kappa shape index (κ1) is 8.83. The summed E-state index contributed by atoms with van der Waals surface area (Å²) in [7, 11) is 1.26. The van der Waals surface area contributed by atoms with Crippen molar-refractivity contribution in [2.24, 2.45) is 0 Å². The largest absolute Gasteiger partial charge is 0.452 e. The average molecular weight is 172 g/mol. The van der Waals surface area contributed by atoms with Gasteiger partial charge < -0.3 is 10.1 Å². The molecule has 1 heterocycles. The van der Waals surface area contributed by atoms with Gasteiger partial charge in [0.2, 0.25) is 0 Å². The number of nitrogens with zero attached hydrogens (tertiary/aromatic N) is 1. The number of hydrogen-bond donors (Lipinski definition) is 1. The predicted octanol–water partition coefficient (Wildman–Crippen LogP) is 0.558. The molecule has 0 aromatic rings. The molecule has 0 saturated carbocycles. The Balaban J connectivity index is 2.59. The van der Waals surface area contributed by atoms with Crippen LogP contribution in [0.3, 0.4) is 0 Å². The highest BCUT2D eigenvalue weighted by Crippen LogP contribution is 2.02. The number of rotatable bonds is 0. The van der Waals surface area contributed by atoms with Crippen LogP contribution in [0.5, 0.6) is 0 Å². The monoisotopic (exact) mass is 172 g/mol. The van der Waals surface area contributed by atoms with Crippen LogP contribution in [0.4, 0.5) is 9.59 Å². The minimum Gasteiger partial charge on any atom is -0.452 e. The van der Waals surface area contributed by atoms with Crippen molar-refractivity contribution in [3.05, 3.63) is 0 Å². The van der Waals surface area contributed by atoms with Gasteiger partial charge >= 0.3 is 12.1 Å². The molecule has 68 valence electrons. The molecule has 0 atom stereocenters. The fraction of sp³-hybridized carbons (Fsp3) is 0.714. The Morgan fingerprint density at radius 1 is 1.58 bits per heavy atom. The first-order chi connectivity index (χ1) is 5.75. The summed E-state index contributed by atoms with van der Waals surface area (Å²) in [5, 5.41) is 2.60. The van der Waals surface area contributed by atoms with Crippen LogP contribution in [0.1, 0.15) is 12.8 Å². The standard InChI is InChI=1S/C7H12N2O3/c1-12-7(11)9-5-3-2-4-8-6(9)10/h2-5H2,1H3,(H,8,10). The van der Waals surface area contributed by atoms with Crippen molar-refractivity contribution in [1.29, 1.82) is 0 Å². The lowest BCUT2D eigenvalue weighted by Crippen LogP contribution is -2.42. The Labute approximate surface area is 70.7 Å². The minimum absolute atomic E-state index is 0.362. The lowest BCUT2D eigenvalue weighted by atomic mass is 10.3. The second-order valence-corrected chi connectivity index (χ2v) is 2.56.